The molecule has 0 radical (unpaired) electrons. The SMILES string of the molecule is COc1ccc(-c2nnn(CC(=O)N(CC(=O)NCCC(C)C)CC3CCCO3)n2)cc1OC. The highest BCUT2D eigenvalue weighted by molar-refractivity contribution is 5.84. The van der Waals surface area contributed by atoms with E-state index in [0.717, 1.165) is 19.3 Å². The molecule has 1 aromatic heterocycles. The summed E-state index contributed by atoms with van der Waals surface area (Å²) in [6, 6.07) is 5.28. The largest absolute Gasteiger partial charge is 0.493 e. The summed E-state index contributed by atoms with van der Waals surface area (Å²) in [5.41, 5.74) is 0.678. The summed E-state index contributed by atoms with van der Waals surface area (Å²) in [5.74, 6) is 1.51. The van der Waals surface area contributed by atoms with Gasteiger partial charge in [0.2, 0.25) is 17.6 Å². The molecule has 2 heterocycles. The molecule has 0 spiro atoms. The molecule has 11 heteroatoms. The molecular formula is C23H34N6O5. The summed E-state index contributed by atoms with van der Waals surface area (Å²) in [7, 11) is 3.11. The Labute approximate surface area is 199 Å². The Morgan fingerprint density at radius 2 is 2.06 bits per heavy atom. The Morgan fingerprint density at radius 3 is 2.74 bits per heavy atom. The van der Waals surface area contributed by atoms with E-state index >= 15 is 0 Å². The fourth-order valence-electron chi connectivity index (χ4n) is 3.64. The van der Waals surface area contributed by atoms with Crippen LogP contribution in [0.4, 0.5) is 0 Å². The zero-order valence-corrected chi connectivity index (χ0v) is 20.3. The van der Waals surface area contributed by atoms with Crippen molar-refractivity contribution < 1.29 is 23.8 Å². The van der Waals surface area contributed by atoms with Crippen molar-refractivity contribution in [1.29, 1.82) is 0 Å². The number of hydrogen-bond donors (Lipinski definition) is 1. The predicted molar refractivity (Wildman–Crippen MR) is 124 cm³/mol. The molecular weight excluding hydrogens is 440 g/mol. The van der Waals surface area contributed by atoms with Gasteiger partial charge in [0.1, 0.15) is 6.54 Å². The predicted octanol–water partition coefficient (Wildman–Crippen LogP) is 1.53. The minimum atomic E-state index is -0.272. The van der Waals surface area contributed by atoms with Crippen molar-refractivity contribution in [2.24, 2.45) is 5.92 Å². The van der Waals surface area contributed by atoms with E-state index in [1.165, 1.54) is 9.70 Å². The van der Waals surface area contributed by atoms with Crippen molar-refractivity contribution in [2.45, 2.75) is 45.8 Å². The van der Waals surface area contributed by atoms with Crippen LogP contribution in [0.2, 0.25) is 0 Å². The number of benzene rings is 1. The van der Waals surface area contributed by atoms with E-state index in [1.807, 2.05) is 0 Å². The van der Waals surface area contributed by atoms with E-state index in [1.54, 1.807) is 32.4 Å². The molecule has 0 bridgehead atoms. The lowest BCUT2D eigenvalue weighted by atomic mass is 10.1. The van der Waals surface area contributed by atoms with Gasteiger partial charge in [-0.15, -0.1) is 10.2 Å². The van der Waals surface area contributed by atoms with Gasteiger partial charge < -0.3 is 24.4 Å². The van der Waals surface area contributed by atoms with E-state index in [4.69, 9.17) is 14.2 Å². The number of tetrazole rings is 1. The lowest BCUT2D eigenvalue weighted by molar-refractivity contribution is -0.138. The van der Waals surface area contributed by atoms with Crippen LogP contribution in [-0.2, 0) is 20.9 Å². The second-order valence-electron chi connectivity index (χ2n) is 8.65. The van der Waals surface area contributed by atoms with Gasteiger partial charge in [0.25, 0.3) is 0 Å². The lowest BCUT2D eigenvalue weighted by Gasteiger charge is -2.24. The van der Waals surface area contributed by atoms with Gasteiger partial charge in [-0.05, 0) is 48.6 Å². The molecule has 1 aliphatic rings. The van der Waals surface area contributed by atoms with Gasteiger partial charge in [-0.25, -0.2) is 0 Å². The molecule has 0 saturated carbocycles. The maximum atomic E-state index is 13.1. The summed E-state index contributed by atoms with van der Waals surface area (Å²) < 4.78 is 16.3. The maximum Gasteiger partial charge on any atom is 0.246 e. The number of aromatic nitrogens is 4. The van der Waals surface area contributed by atoms with Crippen LogP contribution in [-0.4, -0.2) is 83.5 Å². The Balaban J connectivity index is 1.66. The summed E-state index contributed by atoms with van der Waals surface area (Å²) in [4.78, 5) is 28.3. The van der Waals surface area contributed by atoms with Crippen LogP contribution in [0.3, 0.4) is 0 Å². The molecule has 1 atom stereocenters. The first-order valence-electron chi connectivity index (χ1n) is 11.6. The van der Waals surface area contributed by atoms with Crippen LogP contribution in [0.1, 0.15) is 33.1 Å². The number of methoxy groups -OCH3 is 2. The minimum absolute atomic E-state index is 0.0337. The summed E-state index contributed by atoms with van der Waals surface area (Å²) in [6.07, 6.45) is 2.63. The topological polar surface area (TPSA) is 121 Å². The van der Waals surface area contributed by atoms with E-state index in [-0.39, 0.29) is 31.0 Å². The quantitative estimate of drug-likeness (QED) is 0.492. The smallest absolute Gasteiger partial charge is 0.246 e. The molecule has 1 fully saturated rings. The molecule has 2 aromatic rings. The maximum absolute atomic E-state index is 13.1. The van der Waals surface area contributed by atoms with E-state index in [2.05, 4.69) is 34.6 Å². The highest BCUT2D eigenvalue weighted by Crippen LogP contribution is 2.30. The molecule has 1 unspecified atom stereocenters. The second-order valence-corrected chi connectivity index (χ2v) is 8.65. The first-order chi connectivity index (χ1) is 16.4. The molecule has 0 aliphatic carbocycles. The van der Waals surface area contributed by atoms with Crippen LogP contribution in [0.5, 0.6) is 11.5 Å². The Kier molecular flexibility index (Phi) is 9.20. The molecule has 2 amide bonds. The molecule has 1 aromatic carbocycles. The number of nitrogens with zero attached hydrogens (tertiary/aromatic N) is 5. The van der Waals surface area contributed by atoms with E-state index in [9.17, 15) is 9.59 Å². The molecule has 1 saturated heterocycles. The van der Waals surface area contributed by atoms with Gasteiger partial charge in [-0.2, -0.15) is 4.80 Å². The van der Waals surface area contributed by atoms with Gasteiger partial charge in [0.05, 0.1) is 26.9 Å². The van der Waals surface area contributed by atoms with Crippen LogP contribution < -0.4 is 14.8 Å². The Morgan fingerprint density at radius 1 is 1.26 bits per heavy atom. The normalized spacial score (nSPS) is 15.4. The summed E-state index contributed by atoms with van der Waals surface area (Å²) in [6.45, 7) is 5.64. The van der Waals surface area contributed by atoms with Crippen molar-refractivity contribution in [1.82, 2.24) is 30.4 Å². The highest BCUT2D eigenvalue weighted by Gasteiger charge is 2.25. The zero-order chi connectivity index (χ0) is 24.5. The van der Waals surface area contributed by atoms with Crippen LogP contribution in [0, 0.1) is 5.92 Å². The molecule has 34 heavy (non-hydrogen) atoms. The highest BCUT2D eigenvalue weighted by atomic mass is 16.5. The first kappa shape index (κ1) is 25.4. The molecule has 3 rings (SSSR count). The number of hydrogen-bond acceptors (Lipinski definition) is 8. The Hall–Kier alpha value is -3.21. The van der Waals surface area contributed by atoms with Crippen molar-refractivity contribution in [3.63, 3.8) is 0 Å². The number of rotatable bonds is 12. The van der Waals surface area contributed by atoms with Crippen LogP contribution >= 0.6 is 0 Å². The fraction of sp³-hybridized carbons (Fsp3) is 0.609. The van der Waals surface area contributed by atoms with Crippen LogP contribution in [0.15, 0.2) is 18.2 Å². The number of ether oxygens (including phenoxy) is 3. The fourth-order valence-corrected chi connectivity index (χ4v) is 3.64. The minimum Gasteiger partial charge on any atom is -0.493 e. The summed E-state index contributed by atoms with van der Waals surface area (Å²) in [5, 5.41) is 15.3. The van der Waals surface area contributed by atoms with E-state index < -0.39 is 0 Å². The number of carbonyl (C=O) groups is 2. The van der Waals surface area contributed by atoms with Crippen molar-refractivity contribution >= 4 is 11.8 Å². The monoisotopic (exact) mass is 474 g/mol. The van der Waals surface area contributed by atoms with E-state index in [0.29, 0.717) is 48.5 Å². The number of amides is 2. The third kappa shape index (κ3) is 7.14. The van der Waals surface area contributed by atoms with Crippen molar-refractivity contribution in [2.75, 3.05) is 40.5 Å². The molecule has 1 N–H and O–H groups in total. The number of carbonyl (C=O) groups excluding carboxylic acids is 2. The standard InChI is InChI=1S/C23H34N6O5/c1-16(2)9-10-24-21(30)14-28(13-18-6-5-11-34-18)22(31)15-29-26-23(25-27-29)17-7-8-19(32-3)20(12-17)33-4/h7-8,12,16,18H,5-6,9-11,13-15H2,1-4H3,(H,24,30). The van der Waals surface area contributed by atoms with Gasteiger partial charge >= 0.3 is 0 Å². The Bertz CT molecular complexity index is 957. The third-order valence-corrected chi connectivity index (χ3v) is 5.55. The third-order valence-electron chi connectivity index (χ3n) is 5.55. The molecule has 186 valence electrons. The molecule has 1 aliphatic heterocycles. The number of nitrogens with one attached hydrogen (secondary N) is 1. The average molecular weight is 475 g/mol. The zero-order valence-electron chi connectivity index (χ0n) is 20.3. The van der Waals surface area contributed by atoms with Crippen LogP contribution in [0.25, 0.3) is 11.4 Å². The van der Waals surface area contributed by atoms with Gasteiger partial charge in [0.15, 0.2) is 11.5 Å². The lowest BCUT2D eigenvalue weighted by Crippen LogP contribution is -2.45. The van der Waals surface area contributed by atoms with Gasteiger partial charge in [-0.3, -0.25) is 9.59 Å². The second kappa shape index (κ2) is 12.3. The van der Waals surface area contributed by atoms with Gasteiger partial charge in [0, 0.05) is 25.3 Å². The van der Waals surface area contributed by atoms with Crippen molar-refractivity contribution in [3.05, 3.63) is 18.2 Å². The summed E-state index contributed by atoms with van der Waals surface area (Å²) >= 11 is 0. The van der Waals surface area contributed by atoms with Gasteiger partial charge in [-0.1, -0.05) is 13.8 Å². The molecule has 11 nitrogen and oxygen atoms in total. The average Bonchev–Trinajstić information content (AvgIpc) is 3.50. The first-order valence-corrected chi connectivity index (χ1v) is 11.6. The van der Waals surface area contributed by atoms with Crippen molar-refractivity contribution in [3.8, 4) is 22.9 Å².